The van der Waals surface area contributed by atoms with Crippen LogP contribution in [0.15, 0.2) is 24.3 Å². The van der Waals surface area contributed by atoms with Gasteiger partial charge >= 0.3 is 5.97 Å². The van der Waals surface area contributed by atoms with Crippen LogP contribution in [0.3, 0.4) is 0 Å². The highest BCUT2D eigenvalue weighted by Gasteiger charge is 2.13. The van der Waals surface area contributed by atoms with Crippen LogP contribution in [0.4, 0.5) is 0 Å². The molecule has 0 fully saturated rings. The lowest BCUT2D eigenvalue weighted by Crippen LogP contribution is -2.01. The molecule has 0 amide bonds. The third-order valence-electron chi connectivity index (χ3n) is 2.46. The molecule has 2 rings (SSSR count). The molecule has 0 spiro atoms. The SMILES string of the molecule is CC(=O)Oc1cc(O)c2cc(C)ccc2c1O. The summed E-state index contributed by atoms with van der Waals surface area (Å²) in [5.41, 5.74) is 0.965. The first-order valence-corrected chi connectivity index (χ1v) is 5.12. The molecule has 0 aliphatic rings. The third-order valence-corrected chi connectivity index (χ3v) is 2.46. The minimum Gasteiger partial charge on any atom is -0.507 e. The van der Waals surface area contributed by atoms with Crippen LogP contribution in [0.25, 0.3) is 10.8 Å². The minimum atomic E-state index is -0.550. The molecule has 0 saturated heterocycles. The van der Waals surface area contributed by atoms with Crippen molar-refractivity contribution in [1.29, 1.82) is 0 Å². The monoisotopic (exact) mass is 232 g/mol. The summed E-state index contributed by atoms with van der Waals surface area (Å²) >= 11 is 0. The van der Waals surface area contributed by atoms with Crippen molar-refractivity contribution in [1.82, 2.24) is 0 Å². The normalized spacial score (nSPS) is 10.5. The van der Waals surface area contributed by atoms with Gasteiger partial charge in [-0.3, -0.25) is 4.79 Å². The molecular formula is C13H12O4. The molecule has 0 aliphatic carbocycles. The summed E-state index contributed by atoms with van der Waals surface area (Å²) in [6, 6.07) is 6.46. The first-order valence-electron chi connectivity index (χ1n) is 5.12. The summed E-state index contributed by atoms with van der Waals surface area (Å²) in [5, 5.41) is 20.7. The number of carbonyl (C=O) groups excluding carboxylic acids is 1. The van der Waals surface area contributed by atoms with Gasteiger partial charge < -0.3 is 14.9 Å². The molecule has 0 radical (unpaired) electrons. The minimum absolute atomic E-state index is 0.0299. The first-order chi connectivity index (χ1) is 7.99. The van der Waals surface area contributed by atoms with E-state index in [0.29, 0.717) is 10.8 Å². The van der Waals surface area contributed by atoms with Gasteiger partial charge in [0.15, 0.2) is 11.5 Å². The summed E-state index contributed by atoms with van der Waals surface area (Å²) in [4.78, 5) is 10.9. The average molecular weight is 232 g/mol. The Morgan fingerprint density at radius 1 is 1.18 bits per heavy atom. The maximum absolute atomic E-state index is 10.9. The van der Waals surface area contributed by atoms with Gasteiger partial charge in [0.2, 0.25) is 0 Å². The highest BCUT2D eigenvalue weighted by Crippen LogP contribution is 2.40. The Hall–Kier alpha value is -2.23. The number of phenolic OH excluding ortho intramolecular Hbond substituents is 2. The molecule has 0 bridgehead atoms. The summed E-state index contributed by atoms with van der Waals surface area (Å²) < 4.78 is 4.82. The van der Waals surface area contributed by atoms with E-state index in [0.717, 1.165) is 5.56 Å². The van der Waals surface area contributed by atoms with Gasteiger partial charge in [-0.15, -0.1) is 0 Å². The van der Waals surface area contributed by atoms with Crippen LogP contribution in [0.5, 0.6) is 17.2 Å². The lowest BCUT2D eigenvalue weighted by molar-refractivity contribution is -0.132. The van der Waals surface area contributed by atoms with E-state index in [2.05, 4.69) is 0 Å². The van der Waals surface area contributed by atoms with Crippen LogP contribution in [-0.4, -0.2) is 16.2 Å². The number of fused-ring (bicyclic) bond motifs is 1. The second-order valence-electron chi connectivity index (χ2n) is 3.89. The molecular weight excluding hydrogens is 220 g/mol. The number of rotatable bonds is 1. The van der Waals surface area contributed by atoms with E-state index in [1.54, 1.807) is 18.2 Å². The molecule has 2 N–H and O–H groups in total. The summed E-state index contributed by atoms with van der Waals surface area (Å²) in [7, 11) is 0. The zero-order valence-corrected chi connectivity index (χ0v) is 9.52. The van der Waals surface area contributed by atoms with Crippen molar-refractivity contribution in [3.63, 3.8) is 0 Å². The van der Waals surface area contributed by atoms with Gasteiger partial charge in [-0.2, -0.15) is 0 Å². The van der Waals surface area contributed by atoms with Gasteiger partial charge in [-0.25, -0.2) is 0 Å². The largest absolute Gasteiger partial charge is 0.507 e. The quantitative estimate of drug-likeness (QED) is 0.450. The number of esters is 1. The van der Waals surface area contributed by atoms with Gasteiger partial charge in [0, 0.05) is 23.8 Å². The van der Waals surface area contributed by atoms with Gasteiger partial charge in [-0.1, -0.05) is 17.7 Å². The predicted molar refractivity (Wildman–Crippen MR) is 63.3 cm³/mol. The van der Waals surface area contributed by atoms with Crippen LogP contribution < -0.4 is 4.74 Å². The number of carbonyl (C=O) groups is 1. The van der Waals surface area contributed by atoms with Gasteiger partial charge in [0.25, 0.3) is 0 Å². The molecule has 0 atom stereocenters. The number of ether oxygens (including phenoxy) is 1. The second-order valence-corrected chi connectivity index (χ2v) is 3.89. The van der Waals surface area contributed by atoms with Crippen LogP contribution in [0.1, 0.15) is 12.5 Å². The van der Waals surface area contributed by atoms with Crippen molar-refractivity contribution in [3.8, 4) is 17.2 Å². The van der Waals surface area contributed by atoms with E-state index in [1.807, 2.05) is 6.92 Å². The van der Waals surface area contributed by atoms with Gasteiger partial charge in [0.05, 0.1) is 0 Å². The Bertz CT molecular complexity index is 602. The lowest BCUT2D eigenvalue weighted by Gasteiger charge is -2.09. The Kier molecular flexibility index (Phi) is 2.63. The Morgan fingerprint density at radius 3 is 2.53 bits per heavy atom. The Balaban J connectivity index is 2.71. The number of aryl methyl sites for hydroxylation is 1. The van der Waals surface area contributed by atoms with Gasteiger partial charge in [0.1, 0.15) is 5.75 Å². The lowest BCUT2D eigenvalue weighted by atomic mass is 10.1. The van der Waals surface area contributed by atoms with Crippen LogP contribution in [-0.2, 0) is 4.79 Å². The zero-order valence-electron chi connectivity index (χ0n) is 9.52. The summed E-state index contributed by atoms with van der Waals surface area (Å²) in [5.74, 6) is -0.761. The molecule has 0 saturated carbocycles. The smallest absolute Gasteiger partial charge is 0.308 e. The maximum atomic E-state index is 10.9. The summed E-state index contributed by atoms with van der Waals surface area (Å²) in [6.07, 6.45) is 0. The Morgan fingerprint density at radius 2 is 1.88 bits per heavy atom. The van der Waals surface area contributed by atoms with E-state index >= 15 is 0 Å². The molecule has 4 nitrogen and oxygen atoms in total. The molecule has 2 aromatic carbocycles. The van der Waals surface area contributed by atoms with E-state index in [-0.39, 0.29) is 17.2 Å². The zero-order chi connectivity index (χ0) is 12.6. The average Bonchev–Trinajstić information content (AvgIpc) is 2.25. The predicted octanol–water partition coefficient (Wildman–Crippen LogP) is 2.48. The maximum Gasteiger partial charge on any atom is 0.308 e. The van der Waals surface area contributed by atoms with E-state index in [9.17, 15) is 15.0 Å². The molecule has 0 unspecified atom stereocenters. The van der Waals surface area contributed by atoms with E-state index in [1.165, 1.54) is 13.0 Å². The van der Waals surface area contributed by atoms with Crippen molar-refractivity contribution < 1.29 is 19.7 Å². The fourth-order valence-electron chi connectivity index (χ4n) is 1.71. The van der Waals surface area contributed by atoms with Crippen LogP contribution in [0, 0.1) is 6.92 Å². The molecule has 0 heterocycles. The highest BCUT2D eigenvalue weighted by atomic mass is 16.5. The van der Waals surface area contributed by atoms with E-state index < -0.39 is 5.97 Å². The molecule has 4 heteroatoms. The molecule has 0 aromatic heterocycles. The number of hydrogen-bond donors (Lipinski definition) is 2. The van der Waals surface area contributed by atoms with Crippen molar-refractivity contribution >= 4 is 16.7 Å². The number of hydrogen-bond acceptors (Lipinski definition) is 4. The number of aromatic hydroxyl groups is 2. The van der Waals surface area contributed by atoms with Crippen molar-refractivity contribution in [2.75, 3.05) is 0 Å². The molecule has 17 heavy (non-hydrogen) atoms. The fraction of sp³-hybridized carbons (Fsp3) is 0.154. The van der Waals surface area contributed by atoms with Crippen LogP contribution >= 0.6 is 0 Å². The van der Waals surface area contributed by atoms with Crippen molar-refractivity contribution in [2.45, 2.75) is 13.8 Å². The number of phenols is 2. The second kappa shape index (κ2) is 3.97. The molecule has 0 aliphatic heterocycles. The van der Waals surface area contributed by atoms with Gasteiger partial charge in [-0.05, 0) is 13.0 Å². The van der Waals surface area contributed by atoms with Crippen molar-refractivity contribution in [2.24, 2.45) is 0 Å². The van der Waals surface area contributed by atoms with Crippen molar-refractivity contribution in [3.05, 3.63) is 29.8 Å². The Labute approximate surface area is 98.1 Å². The fourth-order valence-corrected chi connectivity index (χ4v) is 1.71. The first kappa shape index (κ1) is 11.3. The highest BCUT2D eigenvalue weighted by molar-refractivity contribution is 5.96. The summed E-state index contributed by atoms with van der Waals surface area (Å²) in [6.45, 7) is 3.12. The molecule has 88 valence electrons. The standard InChI is InChI=1S/C13H12O4/c1-7-3-4-9-10(5-7)11(15)6-12(13(9)16)17-8(2)14/h3-6,15-16H,1-2H3. The van der Waals surface area contributed by atoms with E-state index in [4.69, 9.17) is 4.74 Å². The molecule has 2 aromatic rings. The number of benzene rings is 2. The van der Waals surface area contributed by atoms with Crippen LogP contribution in [0.2, 0.25) is 0 Å². The third kappa shape index (κ3) is 2.01. The topological polar surface area (TPSA) is 66.8 Å².